The molecule has 3 nitrogen and oxygen atoms in total. The van der Waals surface area contributed by atoms with E-state index in [2.05, 4.69) is 24.5 Å². The van der Waals surface area contributed by atoms with Gasteiger partial charge in [-0.2, -0.15) is 0 Å². The van der Waals surface area contributed by atoms with E-state index in [1.807, 2.05) is 31.2 Å². The highest BCUT2D eigenvalue weighted by atomic mass is 16.1. The molecule has 3 atom stereocenters. The van der Waals surface area contributed by atoms with Crippen LogP contribution in [0.2, 0.25) is 0 Å². The smallest absolute Gasteiger partial charge is 0.251 e. The zero-order chi connectivity index (χ0) is 13.1. The summed E-state index contributed by atoms with van der Waals surface area (Å²) in [6.45, 7) is 6.35. The van der Waals surface area contributed by atoms with Gasteiger partial charge in [0.25, 0.3) is 5.91 Å². The van der Waals surface area contributed by atoms with E-state index in [1.165, 1.54) is 5.56 Å². The molecule has 1 amide bonds. The molecule has 0 spiro atoms. The number of carbonyl (C=O) groups excluding carboxylic acids is 1. The minimum atomic E-state index is 0.0307. The van der Waals surface area contributed by atoms with Gasteiger partial charge in [0, 0.05) is 23.7 Å². The summed E-state index contributed by atoms with van der Waals surface area (Å²) in [6.07, 6.45) is 2.16. The lowest BCUT2D eigenvalue weighted by atomic mass is 9.95. The third-order valence-corrected chi connectivity index (χ3v) is 3.69. The van der Waals surface area contributed by atoms with Gasteiger partial charge in [0.2, 0.25) is 0 Å². The number of carbonyl (C=O) groups is 1. The van der Waals surface area contributed by atoms with Gasteiger partial charge in [0.15, 0.2) is 0 Å². The van der Waals surface area contributed by atoms with E-state index >= 15 is 0 Å². The van der Waals surface area contributed by atoms with E-state index in [4.69, 9.17) is 0 Å². The van der Waals surface area contributed by atoms with Crippen molar-refractivity contribution in [2.24, 2.45) is 0 Å². The molecule has 3 unspecified atom stereocenters. The highest BCUT2D eigenvalue weighted by Gasteiger charge is 2.25. The van der Waals surface area contributed by atoms with Crippen LogP contribution in [0.4, 0.5) is 0 Å². The van der Waals surface area contributed by atoms with Crippen molar-refractivity contribution >= 4 is 5.91 Å². The summed E-state index contributed by atoms with van der Waals surface area (Å²) in [6, 6.07) is 8.83. The van der Waals surface area contributed by atoms with Crippen LogP contribution in [0.3, 0.4) is 0 Å². The summed E-state index contributed by atoms with van der Waals surface area (Å²) in [5.41, 5.74) is 1.92. The SMILES string of the molecule is Cc1ccc(C(=O)NC2CCC(C)NC2C)cc1. The van der Waals surface area contributed by atoms with Crippen molar-refractivity contribution in [3.05, 3.63) is 35.4 Å². The molecule has 1 aliphatic rings. The Morgan fingerprint density at radius 1 is 1.22 bits per heavy atom. The standard InChI is InChI=1S/C15H22N2O/c1-10-4-7-13(8-5-10)15(18)17-14-9-6-11(2)16-12(14)3/h4-5,7-8,11-12,14,16H,6,9H2,1-3H3,(H,17,18). The number of rotatable bonds is 2. The molecule has 0 saturated carbocycles. The van der Waals surface area contributed by atoms with Gasteiger partial charge in [-0.25, -0.2) is 0 Å². The zero-order valence-corrected chi connectivity index (χ0v) is 11.4. The Morgan fingerprint density at radius 3 is 2.50 bits per heavy atom. The number of nitrogens with one attached hydrogen (secondary N) is 2. The van der Waals surface area contributed by atoms with Gasteiger partial charge in [-0.1, -0.05) is 17.7 Å². The van der Waals surface area contributed by atoms with E-state index in [0.29, 0.717) is 12.1 Å². The molecular weight excluding hydrogens is 224 g/mol. The Morgan fingerprint density at radius 2 is 1.89 bits per heavy atom. The van der Waals surface area contributed by atoms with Gasteiger partial charge in [0.1, 0.15) is 0 Å². The van der Waals surface area contributed by atoms with Gasteiger partial charge >= 0.3 is 0 Å². The van der Waals surface area contributed by atoms with Crippen molar-refractivity contribution in [1.82, 2.24) is 10.6 Å². The normalized spacial score (nSPS) is 27.8. The third-order valence-electron chi connectivity index (χ3n) is 3.69. The fourth-order valence-corrected chi connectivity index (χ4v) is 2.48. The van der Waals surface area contributed by atoms with Crippen LogP contribution in [0.5, 0.6) is 0 Å². The average Bonchev–Trinajstić information content (AvgIpc) is 2.33. The molecule has 0 bridgehead atoms. The van der Waals surface area contributed by atoms with Crippen LogP contribution in [-0.2, 0) is 0 Å². The minimum absolute atomic E-state index is 0.0307. The number of piperidine rings is 1. The Kier molecular flexibility index (Phi) is 4.02. The Bertz CT molecular complexity index is 413. The highest BCUT2D eigenvalue weighted by molar-refractivity contribution is 5.94. The number of hydrogen-bond donors (Lipinski definition) is 2. The fraction of sp³-hybridized carbons (Fsp3) is 0.533. The lowest BCUT2D eigenvalue weighted by molar-refractivity contribution is 0.0914. The van der Waals surface area contributed by atoms with Crippen molar-refractivity contribution in [1.29, 1.82) is 0 Å². The summed E-state index contributed by atoms with van der Waals surface area (Å²) in [5, 5.41) is 6.60. The van der Waals surface area contributed by atoms with Gasteiger partial charge in [-0.3, -0.25) is 4.79 Å². The first-order valence-electron chi connectivity index (χ1n) is 6.70. The lowest BCUT2D eigenvalue weighted by Crippen LogP contribution is -2.54. The van der Waals surface area contributed by atoms with Crippen molar-refractivity contribution in [3.8, 4) is 0 Å². The molecule has 1 aromatic rings. The molecule has 2 rings (SSSR count). The molecule has 0 aromatic heterocycles. The van der Waals surface area contributed by atoms with Crippen molar-refractivity contribution in [3.63, 3.8) is 0 Å². The van der Waals surface area contributed by atoms with E-state index in [0.717, 1.165) is 18.4 Å². The Hall–Kier alpha value is -1.35. The third kappa shape index (κ3) is 3.10. The van der Waals surface area contributed by atoms with Crippen LogP contribution in [0, 0.1) is 6.92 Å². The molecule has 0 radical (unpaired) electrons. The Labute approximate surface area is 109 Å². The predicted molar refractivity (Wildman–Crippen MR) is 73.7 cm³/mol. The molecular formula is C15H22N2O. The van der Waals surface area contributed by atoms with Gasteiger partial charge in [-0.05, 0) is 45.7 Å². The number of aryl methyl sites for hydroxylation is 1. The second-order valence-corrected chi connectivity index (χ2v) is 5.38. The fourth-order valence-electron chi connectivity index (χ4n) is 2.48. The maximum Gasteiger partial charge on any atom is 0.251 e. The first-order valence-corrected chi connectivity index (χ1v) is 6.70. The second kappa shape index (κ2) is 5.53. The lowest BCUT2D eigenvalue weighted by Gasteiger charge is -2.34. The molecule has 3 heteroatoms. The largest absolute Gasteiger partial charge is 0.348 e. The number of amides is 1. The van der Waals surface area contributed by atoms with Gasteiger partial charge in [0.05, 0.1) is 0 Å². The van der Waals surface area contributed by atoms with E-state index < -0.39 is 0 Å². The molecule has 18 heavy (non-hydrogen) atoms. The first-order chi connectivity index (χ1) is 8.56. The van der Waals surface area contributed by atoms with Crippen LogP contribution in [0.25, 0.3) is 0 Å². The average molecular weight is 246 g/mol. The molecule has 0 aliphatic carbocycles. The second-order valence-electron chi connectivity index (χ2n) is 5.38. The summed E-state index contributed by atoms with van der Waals surface area (Å²) in [7, 11) is 0. The topological polar surface area (TPSA) is 41.1 Å². The summed E-state index contributed by atoms with van der Waals surface area (Å²) >= 11 is 0. The molecule has 2 N–H and O–H groups in total. The molecule has 1 aliphatic heterocycles. The van der Waals surface area contributed by atoms with Crippen LogP contribution >= 0.6 is 0 Å². The minimum Gasteiger partial charge on any atom is -0.348 e. The van der Waals surface area contributed by atoms with E-state index in [9.17, 15) is 4.79 Å². The van der Waals surface area contributed by atoms with Crippen molar-refractivity contribution < 1.29 is 4.79 Å². The number of hydrogen-bond acceptors (Lipinski definition) is 2. The molecule has 1 saturated heterocycles. The first kappa shape index (κ1) is 13.1. The summed E-state index contributed by atoms with van der Waals surface area (Å²) in [4.78, 5) is 12.1. The maximum atomic E-state index is 12.1. The van der Waals surface area contributed by atoms with Crippen molar-refractivity contribution in [2.45, 2.75) is 51.7 Å². The number of benzene rings is 1. The van der Waals surface area contributed by atoms with Crippen LogP contribution in [-0.4, -0.2) is 24.0 Å². The molecule has 98 valence electrons. The van der Waals surface area contributed by atoms with Crippen LogP contribution < -0.4 is 10.6 Å². The summed E-state index contributed by atoms with van der Waals surface area (Å²) < 4.78 is 0. The van der Waals surface area contributed by atoms with Gasteiger partial charge in [-0.15, -0.1) is 0 Å². The van der Waals surface area contributed by atoms with E-state index in [-0.39, 0.29) is 11.9 Å². The van der Waals surface area contributed by atoms with Crippen LogP contribution in [0.1, 0.15) is 42.6 Å². The molecule has 1 fully saturated rings. The zero-order valence-electron chi connectivity index (χ0n) is 11.4. The van der Waals surface area contributed by atoms with Crippen LogP contribution in [0.15, 0.2) is 24.3 Å². The van der Waals surface area contributed by atoms with Gasteiger partial charge < -0.3 is 10.6 Å². The highest BCUT2D eigenvalue weighted by Crippen LogP contribution is 2.14. The Balaban J connectivity index is 1.97. The monoisotopic (exact) mass is 246 g/mol. The summed E-state index contributed by atoms with van der Waals surface area (Å²) in [5.74, 6) is 0.0307. The molecule has 1 heterocycles. The molecule has 1 aromatic carbocycles. The maximum absolute atomic E-state index is 12.1. The van der Waals surface area contributed by atoms with E-state index in [1.54, 1.807) is 0 Å². The predicted octanol–water partition coefficient (Wildman–Crippen LogP) is 2.25. The van der Waals surface area contributed by atoms with Crippen molar-refractivity contribution in [2.75, 3.05) is 0 Å². The quantitative estimate of drug-likeness (QED) is 0.840.